The van der Waals surface area contributed by atoms with Crippen LogP contribution in [0.1, 0.15) is 18.1 Å². The lowest BCUT2D eigenvalue weighted by molar-refractivity contribution is 0.240. The minimum Gasteiger partial charge on any atom is -0.490 e. The fourth-order valence-corrected chi connectivity index (χ4v) is 3.39. The second-order valence-electron chi connectivity index (χ2n) is 6.86. The van der Waals surface area contributed by atoms with Crippen molar-refractivity contribution in [1.29, 1.82) is 0 Å². The zero-order chi connectivity index (χ0) is 19.6. The first kappa shape index (κ1) is 20.9. The maximum atomic E-state index is 6.17. The van der Waals surface area contributed by atoms with E-state index in [0.29, 0.717) is 13.2 Å². The molecular weight excluding hydrogens is 374 g/mol. The molecular formula is C22H30ClN3O2. The van der Waals surface area contributed by atoms with Crippen LogP contribution >= 0.6 is 11.6 Å². The van der Waals surface area contributed by atoms with Gasteiger partial charge in [-0.2, -0.15) is 0 Å². The highest BCUT2D eigenvalue weighted by molar-refractivity contribution is 6.30. The lowest BCUT2D eigenvalue weighted by Gasteiger charge is -2.27. The largest absolute Gasteiger partial charge is 0.490 e. The second-order valence-corrected chi connectivity index (χ2v) is 7.30. The molecule has 152 valence electrons. The van der Waals surface area contributed by atoms with E-state index < -0.39 is 0 Å². The van der Waals surface area contributed by atoms with Gasteiger partial charge in [0.05, 0.1) is 6.61 Å². The Labute approximate surface area is 173 Å². The zero-order valence-electron chi connectivity index (χ0n) is 16.5. The van der Waals surface area contributed by atoms with Crippen LogP contribution in [-0.2, 0) is 13.2 Å². The third kappa shape index (κ3) is 6.38. The van der Waals surface area contributed by atoms with E-state index in [2.05, 4.69) is 21.6 Å². The predicted molar refractivity (Wildman–Crippen MR) is 114 cm³/mol. The van der Waals surface area contributed by atoms with Crippen LogP contribution in [0.5, 0.6) is 11.5 Å². The van der Waals surface area contributed by atoms with Crippen molar-refractivity contribution in [2.75, 3.05) is 45.9 Å². The van der Waals surface area contributed by atoms with Crippen LogP contribution in [0.4, 0.5) is 0 Å². The molecule has 1 fully saturated rings. The fraction of sp³-hybridized carbons (Fsp3) is 0.455. The van der Waals surface area contributed by atoms with E-state index in [9.17, 15) is 0 Å². The molecule has 6 heteroatoms. The van der Waals surface area contributed by atoms with Gasteiger partial charge in [0.25, 0.3) is 0 Å². The van der Waals surface area contributed by atoms with Gasteiger partial charge < -0.3 is 20.1 Å². The molecule has 5 nitrogen and oxygen atoms in total. The van der Waals surface area contributed by atoms with Crippen molar-refractivity contribution in [3.05, 3.63) is 58.6 Å². The first-order chi connectivity index (χ1) is 13.8. The zero-order valence-corrected chi connectivity index (χ0v) is 17.3. The van der Waals surface area contributed by atoms with Gasteiger partial charge in [-0.3, -0.25) is 4.90 Å². The predicted octanol–water partition coefficient (Wildman–Crippen LogP) is 3.31. The molecule has 0 spiro atoms. The number of ether oxygens (including phenoxy) is 2. The molecule has 0 saturated carbocycles. The molecule has 3 rings (SSSR count). The minimum atomic E-state index is 0.481. The molecule has 1 aliphatic rings. The third-order valence-corrected chi connectivity index (χ3v) is 5.04. The van der Waals surface area contributed by atoms with Crippen molar-refractivity contribution in [3.8, 4) is 11.5 Å². The van der Waals surface area contributed by atoms with Gasteiger partial charge in [-0.25, -0.2) is 0 Å². The first-order valence-corrected chi connectivity index (χ1v) is 10.4. The molecule has 2 aromatic carbocycles. The molecule has 0 atom stereocenters. The first-order valence-electron chi connectivity index (χ1n) is 10.0. The van der Waals surface area contributed by atoms with Gasteiger partial charge in [-0.1, -0.05) is 35.9 Å². The molecule has 1 saturated heterocycles. The molecule has 1 heterocycles. The maximum Gasteiger partial charge on any atom is 0.166 e. The Kier molecular flexibility index (Phi) is 8.42. The number of benzene rings is 2. The Hall–Kier alpha value is -1.79. The Morgan fingerprint density at radius 2 is 1.86 bits per heavy atom. The molecule has 2 N–H and O–H groups in total. The number of nitrogens with zero attached hydrogens (tertiary/aromatic N) is 1. The monoisotopic (exact) mass is 403 g/mol. The van der Waals surface area contributed by atoms with Crippen LogP contribution < -0.4 is 20.1 Å². The summed E-state index contributed by atoms with van der Waals surface area (Å²) in [5.74, 6) is 1.60. The SMILES string of the molecule is CCOc1cccc(CNCCN2CCNCC2)c1OCc1ccc(Cl)cc1. The second kappa shape index (κ2) is 11.3. The standard InChI is InChI=1S/C22H30ClN3O2/c1-2-27-21-5-3-4-19(16-25-12-15-26-13-10-24-11-14-26)22(21)28-17-18-6-8-20(23)9-7-18/h3-9,24-25H,2,10-17H2,1H3. The van der Waals surface area contributed by atoms with Crippen molar-refractivity contribution in [1.82, 2.24) is 15.5 Å². The summed E-state index contributed by atoms with van der Waals surface area (Å²) in [6, 6.07) is 13.8. The Morgan fingerprint density at radius 1 is 1.07 bits per heavy atom. The summed E-state index contributed by atoms with van der Waals surface area (Å²) in [6.45, 7) is 10.3. The van der Waals surface area contributed by atoms with Gasteiger partial charge in [0.15, 0.2) is 11.5 Å². The fourth-order valence-electron chi connectivity index (χ4n) is 3.26. The average molecular weight is 404 g/mol. The number of para-hydroxylation sites is 1. The number of rotatable bonds is 10. The van der Waals surface area contributed by atoms with Crippen molar-refractivity contribution in [2.45, 2.75) is 20.1 Å². The van der Waals surface area contributed by atoms with E-state index in [0.717, 1.165) is 73.5 Å². The molecule has 0 aromatic heterocycles. The van der Waals surface area contributed by atoms with Crippen molar-refractivity contribution < 1.29 is 9.47 Å². The molecule has 0 unspecified atom stereocenters. The van der Waals surface area contributed by atoms with E-state index in [1.807, 2.05) is 43.3 Å². The Bertz CT molecular complexity index is 718. The normalized spacial score (nSPS) is 14.8. The van der Waals surface area contributed by atoms with Gasteiger partial charge in [0.1, 0.15) is 6.61 Å². The lowest BCUT2D eigenvalue weighted by Crippen LogP contribution is -2.45. The highest BCUT2D eigenvalue weighted by Gasteiger charge is 2.12. The van der Waals surface area contributed by atoms with Gasteiger partial charge >= 0.3 is 0 Å². The average Bonchev–Trinajstić information content (AvgIpc) is 2.73. The summed E-state index contributed by atoms with van der Waals surface area (Å²) in [5.41, 5.74) is 2.19. The lowest BCUT2D eigenvalue weighted by atomic mass is 10.1. The van der Waals surface area contributed by atoms with Crippen LogP contribution in [0.2, 0.25) is 5.02 Å². The molecule has 2 aromatic rings. The Morgan fingerprint density at radius 3 is 2.61 bits per heavy atom. The molecule has 0 radical (unpaired) electrons. The van der Waals surface area contributed by atoms with Crippen LogP contribution in [0.3, 0.4) is 0 Å². The number of piperazine rings is 1. The molecule has 0 amide bonds. The topological polar surface area (TPSA) is 45.8 Å². The van der Waals surface area contributed by atoms with Gasteiger partial charge in [-0.15, -0.1) is 0 Å². The van der Waals surface area contributed by atoms with Crippen molar-refractivity contribution in [2.24, 2.45) is 0 Å². The Balaban J connectivity index is 1.58. The van der Waals surface area contributed by atoms with Crippen LogP contribution in [0.25, 0.3) is 0 Å². The minimum absolute atomic E-state index is 0.481. The number of hydrogen-bond acceptors (Lipinski definition) is 5. The summed E-state index contributed by atoms with van der Waals surface area (Å²) in [6.07, 6.45) is 0. The van der Waals surface area contributed by atoms with Gasteiger partial charge in [0.2, 0.25) is 0 Å². The summed E-state index contributed by atoms with van der Waals surface area (Å²) < 4.78 is 12.0. The summed E-state index contributed by atoms with van der Waals surface area (Å²) >= 11 is 5.97. The number of nitrogens with one attached hydrogen (secondary N) is 2. The summed E-state index contributed by atoms with van der Waals surface area (Å²) in [5, 5.41) is 7.67. The van der Waals surface area contributed by atoms with Gasteiger partial charge in [0, 0.05) is 56.4 Å². The van der Waals surface area contributed by atoms with Crippen LogP contribution in [0, 0.1) is 0 Å². The maximum absolute atomic E-state index is 6.17. The third-order valence-electron chi connectivity index (χ3n) is 4.79. The highest BCUT2D eigenvalue weighted by Crippen LogP contribution is 2.32. The van der Waals surface area contributed by atoms with Gasteiger partial charge in [-0.05, 0) is 30.7 Å². The van der Waals surface area contributed by atoms with E-state index in [1.54, 1.807) is 0 Å². The summed E-state index contributed by atoms with van der Waals surface area (Å²) in [4.78, 5) is 2.48. The smallest absolute Gasteiger partial charge is 0.166 e. The van der Waals surface area contributed by atoms with E-state index in [-0.39, 0.29) is 0 Å². The van der Waals surface area contributed by atoms with E-state index in [4.69, 9.17) is 21.1 Å². The van der Waals surface area contributed by atoms with E-state index >= 15 is 0 Å². The highest BCUT2D eigenvalue weighted by atomic mass is 35.5. The summed E-state index contributed by atoms with van der Waals surface area (Å²) in [7, 11) is 0. The van der Waals surface area contributed by atoms with Crippen LogP contribution in [-0.4, -0.2) is 50.8 Å². The molecule has 0 aliphatic carbocycles. The molecule has 28 heavy (non-hydrogen) atoms. The number of hydrogen-bond donors (Lipinski definition) is 2. The van der Waals surface area contributed by atoms with Crippen molar-refractivity contribution in [3.63, 3.8) is 0 Å². The molecule has 0 bridgehead atoms. The quantitative estimate of drug-likeness (QED) is 0.596. The number of halogens is 1. The van der Waals surface area contributed by atoms with Crippen molar-refractivity contribution >= 4 is 11.6 Å². The van der Waals surface area contributed by atoms with E-state index in [1.165, 1.54) is 0 Å². The molecule has 1 aliphatic heterocycles. The van der Waals surface area contributed by atoms with Crippen LogP contribution in [0.15, 0.2) is 42.5 Å².